The molecule has 17 heavy (non-hydrogen) atoms. The molecule has 2 atom stereocenters. The number of ether oxygens (including phenoxy) is 1. The Hall–Kier alpha value is -1.06. The Balaban J connectivity index is 2.11. The molecule has 1 aromatic rings. The highest BCUT2D eigenvalue weighted by Gasteiger charge is 2.18. The van der Waals surface area contributed by atoms with Gasteiger partial charge in [0, 0.05) is 24.3 Å². The fourth-order valence-corrected chi connectivity index (χ4v) is 2.26. The van der Waals surface area contributed by atoms with Crippen LogP contribution in [-0.4, -0.2) is 25.8 Å². The Morgan fingerprint density at radius 2 is 2.12 bits per heavy atom. The summed E-state index contributed by atoms with van der Waals surface area (Å²) in [6.45, 7) is 6.92. The molecule has 1 aromatic carbocycles. The van der Waals surface area contributed by atoms with Gasteiger partial charge in [0.05, 0.1) is 13.2 Å². The topological polar surface area (TPSA) is 38.5 Å². The number of hydrogen-bond acceptors (Lipinski definition) is 3. The van der Waals surface area contributed by atoms with Crippen LogP contribution in [-0.2, 0) is 4.74 Å². The first-order valence-electron chi connectivity index (χ1n) is 6.42. The quantitative estimate of drug-likeness (QED) is 0.872. The van der Waals surface area contributed by atoms with Gasteiger partial charge in [0.1, 0.15) is 0 Å². The summed E-state index contributed by atoms with van der Waals surface area (Å²) < 4.78 is 5.45. The Kier molecular flexibility index (Phi) is 4.02. The molecule has 0 bridgehead atoms. The van der Waals surface area contributed by atoms with Gasteiger partial charge in [0.25, 0.3) is 0 Å². The van der Waals surface area contributed by atoms with Crippen LogP contribution in [0.1, 0.15) is 31.9 Å². The lowest BCUT2D eigenvalue weighted by molar-refractivity contribution is 0.0989. The van der Waals surface area contributed by atoms with Crippen molar-refractivity contribution >= 4 is 5.69 Å². The van der Waals surface area contributed by atoms with Gasteiger partial charge in [0.15, 0.2) is 0 Å². The molecule has 0 saturated carbocycles. The highest BCUT2D eigenvalue weighted by atomic mass is 16.5. The van der Waals surface area contributed by atoms with Gasteiger partial charge >= 0.3 is 0 Å². The molecule has 2 rings (SSSR count). The van der Waals surface area contributed by atoms with Crippen LogP contribution >= 0.6 is 0 Å². The van der Waals surface area contributed by atoms with Gasteiger partial charge in [0.2, 0.25) is 0 Å². The second-order valence-corrected chi connectivity index (χ2v) is 4.72. The molecule has 94 valence electrons. The fraction of sp³-hybridized carbons (Fsp3) is 0.571. The highest BCUT2D eigenvalue weighted by Crippen LogP contribution is 2.22. The van der Waals surface area contributed by atoms with Crippen molar-refractivity contribution < 1.29 is 4.74 Å². The first-order valence-corrected chi connectivity index (χ1v) is 6.42. The molecule has 2 unspecified atom stereocenters. The number of anilines is 1. The molecule has 1 aliphatic heterocycles. The van der Waals surface area contributed by atoms with Gasteiger partial charge in [-0.1, -0.05) is 19.1 Å². The second kappa shape index (κ2) is 5.52. The third-order valence-electron chi connectivity index (χ3n) is 3.46. The van der Waals surface area contributed by atoms with Crippen LogP contribution in [0.3, 0.4) is 0 Å². The van der Waals surface area contributed by atoms with E-state index in [0.717, 1.165) is 26.2 Å². The monoisotopic (exact) mass is 234 g/mol. The zero-order valence-electron chi connectivity index (χ0n) is 10.7. The Morgan fingerprint density at radius 3 is 2.71 bits per heavy atom. The standard InChI is InChI=1S/C14H22N2O/c1-3-14(15)12-4-6-13(7-5-12)16-8-9-17-10-11(16)2/h4-7,11,14H,3,8-10,15H2,1-2H3. The van der Waals surface area contributed by atoms with E-state index >= 15 is 0 Å². The van der Waals surface area contributed by atoms with E-state index in [1.807, 2.05) is 0 Å². The molecule has 0 aromatic heterocycles. The van der Waals surface area contributed by atoms with Crippen LogP contribution in [0.25, 0.3) is 0 Å². The number of hydrogen-bond donors (Lipinski definition) is 1. The molecule has 1 aliphatic rings. The molecule has 0 radical (unpaired) electrons. The predicted octanol–water partition coefficient (Wildman–Crippen LogP) is 2.32. The maximum Gasteiger partial charge on any atom is 0.0668 e. The lowest BCUT2D eigenvalue weighted by Crippen LogP contribution is -2.43. The fourth-order valence-electron chi connectivity index (χ4n) is 2.26. The zero-order valence-corrected chi connectivity index (χ0v) is 10.7. The van der Waals surface area contributed by atoms with Gasteiger partial charge < -0.3 is 15.4 Å². The van der Waals surface area contributed by atoms with Crippen molar-refractivity contribution in [3.8, 4) is 0 Å². The summed E-state index contributed by atoms with van der Waals surface area (Å²) in [6, 6.07) is 9.25. The van der Waals surface area contributed by atoms with Crippen molar-refractivity contribution in [2.24, 2.45) is 5.73 Å². The number of nitrogens with zero attached hydrogens (tertiary/aromatic N) is 1. The summed E-state index contributed by atoms with van der Waals surface area (Å²) in [6.07, 6.45) is 0.979. The third kappa shape index (κ3) is 2.79. The van der Waals surface area contributed by atoms with Crippen LogP contribution in [0.15, 0.2) is 24.3 Å². The molecule has 0 amide bonds. The normalized spacial score (nSPS) is 22.5. The molecule has 0 aliphatic carbocycles. The Morgan fingerprint density at radius 1 is 1.41 bits per heavy atom. The van der Waals surface area contributed by atoms with Gasteiger partial charge in [-0.05, 0) is 31.0 Å². The minimum Gasteiger partial charge on any atom is -0.377 e. The van der Waals surface area contributed by atoms with E-state index in [9.17, 15) is 0 Å². The number of nitrogens with two attached hydrogens (primary N) is 1. The first kappa shape index (κ1) is 12.4. The van der Waals surface area contributed by atoms with E-state index in [-0.39, 0.29) is 6.04 Å². The zero-order chi connectivity index (χ0) is 12.3. The van der Waals surface area contributed by atoms with Crippen molar-refractivity contribution in [2.75, 3.05) is 24.7 Å². The van der Waals surface area contributed by atoms with E-state index in [1.165, 1.54) is 11.3 Å². The van der Waals surface area contributed by atoms with E-state index < -0.39 is 0 Å². The van der Waals surface area contributed by atoms with Crippen LogP contribution < -0.4 is 10.6 Å². The van der Waals surface area contributed by atoms with Crippen LogP contribution in [0, 0.1) is 0 Å². The lowest BCUT2D eigenvalue weighted by Gasteiger charge is -2.35. The summed E-state index contributed by atoms with van der Waals surface area (Å²) in [4.78, 5) is 2.39. The molecular weight excluding hydrogens is 212 g/mol. The van der Waals surface area contributed by atoms with Crippen molar-refractivity contribution in [3.05, 3.63) is 29.8 Å². The lowest BCUT2D eigenvalue weighted by atomic mass is 10.0. The highest BCUT2D eigenvalue weighted by molar-refractivity contribution is 5.49. The van der Waals surface area contributed by atoms with Gasteiger partial charge in [-0.15, -0.1) is 0 Å². The molecule has 0 spiro atoms. The number of morpholine rings is 1. The minimum absolute atomic E-state index is 0.158. The Labute approximate surface area is 104 Å². The number of benzene rings is 1. The molecule has 3 heteroatoms. The smallest absolute Gasteiger partial charge is 0.0668 e. The predicted molar refractivity (Wildman–Crippen MR) is 71.3 cm³/mol. The summed E-state index contributed by atoms with van der Waals surface area (Å²) >= 11 is 0. The van der Waals surface area contributed by atoms with Crippen molar-refractivity contribution in [1.29, 1.82) is 0 Å². The average Bonchev–Trinajstić information content (AvgIpc) is 2.39. The summed E-state index contributed by atoms with van der Waals surface area (Å²) in [5.41, 5.74) is 8.51. The summed E-state index contributed by atoms with van der Waals surface area (Å²) in [5, 5.41) is 0. The summed E-state index contributed by atoms with van der Waals surface area (Å²) in [7, 11) is 0. The van der Waals surface area contributed by atoms with Gasteiger partial charge in [-0.25, -0.2) is 0 Å². The largest absolute Gasteiger partial charge is 0.377 e. The van der Waals surface area contributed by atoms with Crippen molar-refractivity contribution in [1.82, 2.24) is 0 Å². The molecule has 1 fully saturated rings. The first-order chi connectivity index (χ1) is 8.22. The average molecular weight is 234 g/mol. The number of rotatable bonds is 3. The maximum absolute atomic E-state index is 6.02. The second-order valence-electron chi connectivity index (χ2n) is 4.72. The van der Waals surface area contributed by atoms with Crippen molar-refractivity contribution in [2.45, 2.75) is 32.4 Å². The SMILES string of the molecule is CCC(N)c1ccc(N2CCOCC2C)cc1. The van der Waals surface area contributed by atoms with E-state index in [4.69, 9.17) is 10.5 Å². The van der Waals surface area contributed by atoms with Gasteiger partial charge in [-0.2, -0.15) is 0 Å². The molecular formula is C14H22N2O. The van der Waals surface area contributed by atoms with E-state index in [1.54, 1.807) is 0 Å². The van der Waals surface area contributed by atoms with Crippen LogP contribution in [0.5, 0.6) is 0 Å². The third-order valence-corrected chi connectivity index (χ3v) is 3.46. The van der Waals surface area contributed by atoms with Crippen LogP contribution in [0.4, 0.5) is 5.69 Å². The van der Waals surface area contributed by atoms with Gasteiger partial charge in [-0.3, -0.25) is 0 Å². The molecule has 1 saturated heterocycles. The molecule has 1 heterocycles. The maximum atomic E-state index is 6.02. The van der Waals surface area contributed by atoms with Crippen LogP contribution in [0.2, 0.25) is 0 Å². The Bertz CT molecular complexity index is 350. The van der Waals surface area contributed by atoms with E-state index in [2.05, 4.69) is 43.0 Å². The molecule has 2 N–H and O–H groups in total. The summed E-state index contributed by atoms with van der Waals surface area (Å²) in [5.74, 6) is 0. The van der Waals surface area contributed by atoms with Crippen molar-refractivity contribution in [3.63, 3.8) is 0 Å². The molecule has 3 nitrogen and oxygen atoms in total. The minimum atomic E-state index is 0.158. The van der Waals surface area contributed by atoms with E-state index in [0.29, 0.717) is 6.04 Å².